The largest absolute Gasteiger partial charge is 0.508 e. The topological polar surface area (TPSA) is 119 Å². The number of nitrogen functional groups attached to an aromatic ring is 1. The second-order valence-electron chi connectivity index (χ2n) is 5.58. The molecule has 0 aliphatic heterocycles. The maximum atomic E-state index is 12.5. The molecule has 24 heavy (non-hydrogen) atoms. The van der Waals surface area contributed by atoms with Crippen LogP contribution in [-0.2, 0) is 4.79 Å². The van der Waals surface area contributed by atoms with Crippen LogP contribution < -0.4 is 11.1 Å². The molecule has 2 atom stereocenters. The lowest BCUT2D eigenvalue weighted by Gasteiger charge is -2.19. The number of amides is 1. The molecule has 0 aliphatic carbocycles. The van der Waals surface area contributed by atoms with Gasteiger partial charge in [-0.1, -0.05) is 12.1 Å². The number of nitrogens with one attached hydrogen (secondary N) is 1. The number of fused-ring (bicyclic) bond motifs is 1. The highest BCUT2D eigenvalue weighted by Crippen LogP contribution is 2.21. The molecule has 8 nitrogen and oxygen atoms in total. The van der Waals surface area contributed by atoms with E-state index in [1.54, 1.807) is 29.7 Å². The van der Waals surface area contributed by atoms with Crippen molar-refractivity contribution in [1.29, 1.82) is 0 Å². The standard InChI is InChI=1S/C16H18N6O2/c1-9(11-4-3-5-12(23)6-11)21-16(24)10(2)22-8-20-13-14(17)18-7-19-15(13)22/h3-10,23H,1-2H3,(H,21,24)(H2,17,18,19)/t9-,10?/m1/s1. The molecule has 1 unspecified atom stereocenters. The van der Waals surface area contributed by atoms with E-state index in [4.69, 9.17) is 5.73 Å². The van der Waals surface area contributed by atoms with Crippen LogP contribution in [-0.4, -0.2) is 30.5 Å². The first-order valence-corrected chi connectivity index (χ1v) is 7.49. The molecule has 4 N–H and O–H groups in total. The van der Waals surface area contributed by atoms with Gasteiger partial charge in [-0.15, -0.1) is 0 Å². The molecule has 0 radical (unpaired) electrons. The molecule has 0 fully saturated rings. The molecule has 3 rings (SSSR count). The van der Waals surface area contributed by atoms with Gasteiger partial charge in [-0.25, -0.2) is 15.0 Å². The van der Waals surface area contributed by atoms with Gasteiger partial charge < -0.3 is 20.7 Å². The maximum Gasteiger partial charge on any atom is 0.243 e. The van der Waals surface area contributed by atoms with Crippen molar-refractivity contribution in [1.82, 2.24) is 24.8 Å². The van der Waals surface area contributed by atoms with Gasteiger partial charge in [0.15, 0.2) is 11.5 Å². The number of carbonyl (C=O) groups excluding carboxylic acids is 1. The number of benzene rings is 1. The number of nitrogens with two attached hydrogens (primary N) is 1. The van der Waals surface area contributed by atoms with Crippen molar-refractivity contribution in [2.24, 2.45) is 0 Å². The number of phenols is 1. The first kappa shape index (κ1) is 15.7. The van der Waals surface area contributed by atoms with Crippen LogP contribution in [0.25, 0.3) is 11.2 Å². The fourth-order valence-corrected chi connectivity index (χ4v) is 2.49. The van der Waals surface area contributed by atoms with E-state index in [0.29, 0.717) is 11.2 Å². The highest BCUT2D eigenvalue weighted by Gasteiger charge is 2.21. The number of hydrogen-bond acceptors (Lipinski definition) is 6. The van der Waals surface area contributed by atoms with E-state index in [9.17, 15) is 9.90 Å². The van der Waals surface area contributed by atoms with Gasteiger partial charge in [0.1, 0.15) is 23.6 Å². The van der Waals surface area contributed by atoms with Gasteiger partial charge in [0.05, 0.1) is 12.4 Å². The average Bonchev–Trinajstić information content (AvgIpc) is 2.99. The molecule has 2 aromatic heterocycles. The van der Waals surface area contributed by atoms with Gasteiger partial charge in [0.2, 0.25) is 5.91 Å². The second kappa shape index (κ2) is 6.15. The molecule has 1 aromatic carbocycles. The molecule has 0 saturated carbocycles. The summed E-state index contributed by atoms with van der Waals surface area (Å²) in [6.07, 6.45) is 2.87. The van der Waals surface area contributed by atoms with Crippen molar-refractivity contribution >= 4 is 22.9 Å². The average molecular weight is 326 g/mol. The van der Waals surface area contributed by atoms with E-state index in [-0.39, 0.29) is 23.5 Å². The number of phenolic OH excluding ortho intramolecular Hbond substituents is 1. The zero-order valence-corrected chi connectivity index (χ0v) is 13.3. The molecule has 0 spiro atoms. The Hall–Kier alpha value is -3.16. The summed E-state index contributed by atoms with van der Waals surface area (Å²) in [5.41, 5.74) is 7.56. The predicted octanol–water partition coefficient (Wildman–Crippen LogP) is 1.55. The molecular formula is C16H18N6O2. The smallest absolute Gasteiger partial charge is 0.243 e. The Bertz CT molecular complexity index is 891. The summed E-state index contributed by atoms with van der Waals surface area (Å²) >= 11 is 0. The molecule has 0 bridgehead atoms. The van der Waals surface area contributed by atoms with Gasteiger partial charge in [0.25, 0.3) is 0 Å². The minimum absolute atomic E-state index is 0.162. The summed E-state index contributed by atoms with van der Waals surface area (Å²) in [4.78, 5) is 24.8. The first-order chi connectivity index (χ1) is 11.5. The van der Waals surface area contributed by atoms with Crippen molar-refractivity contribution in [2.45, 2.75) is 25.9 Å². The fourth-order valence-electron chi connectivity index (χ4n) is 2.49. The van der Waals surface area contributed by atoms with Gasteiger partial charge in [-0.2, -0.15) is 0 Å². The number of anilines is 1. The number of aromatic hydroxyl groups is 1. The van der Waals surface area contributed by atoms with Gasteiger partial charge >= 0.3 is 0 Å². The molecule has 8 heteroatoms. The summed E-state index contributed by atoms with van der Waals surface area (Å²) in [6.45, 7) is 3.61. The Balaban J connectivity index is 1.80. The maximum absolute atomic E-state index is 12.5. The fraction of sp³-hybridized carbons (Fsp3) is 0.250. The van der Waals surface area contributed by atoms with Crippen LogP contribution in [0.1, 0.15) is 31.5 Å². The van der Waals surface area contributed by atoms with Crippen LogP contribution in [0.15, 0.2) is 36.9 Å². The summed E-state index contributed by atoms with van der Waals surface area (Å²) in [5.74, 6) is 0.247. The van der Waals surface area contributed by atoms with E-state index >= 15 is 0 Å². The number of nitrogens with zero attached hydrogens (tertiary/aromatic N) is 4. The van der Waals surface area contributed by atoms with Crippen molar-refractivity contribution < 1.29 is 9.90 Å². The third kappa shape index (κ3) is 2.85. The number of hydrogen-bond donors (Lipinski definition) is 3. The predicted molar refractivity (Wildman–Crippen MR) is 89.1 cm³/mol. The SMILES string of the molecule is CC(C(=O)N[C@H](C)c1cccc(O)c1)n1cnc2c(N)ncnc21. The number of rotatable bonds is 4. The van der Waals surface area contributed by atoms with Crippen LogP contribution in [0.5, 0.6) is 5.75 Å². The van der Waals surface area contributed by atoms with Gasteiger partial charge in [-0.05, 0) is 31.5 Å². The Morgan fingerprint density at radius 1 is 1.29 bits per heavy atom. The minimum Gasteiger partial charge on any atom is -0.508 e. The Kier molecular flexibility index (Phi) is 4.03. The Labute approximate surface area is 138 Å². The first-order valence-electron chi connectivity index (χ1n) is 7.49. The molecular weight excluding hydrogens is 308 g/mol. The zero-order valence-electron chi connectivity index (χ0n) is 13.3. The third-order valence-corrected chi connectivity index (χ3v) is 3.91. The molecule has 2 heterocycles. The zero-order chi connectivity index (χ0) is 17.3. The third-order valence-electron chi connectivity index (χ3n) is 3.91. The quantitative estimate of drug-likeness (QED) is 0.669. The lowest BCUT2D eigenvalue weighted by atomic mass is 10.1. The molecule has 0 saturated heterocycles. The Morgan fingerprint density at radius 3 is 2.83 bits per heavy atom. The van der Waals surface area contributed by atoms with E-state index in [2.05, 4.69) is 20.3 Å². The number of imidazole rings is 1. The summed E-state index contributed by atoms with van der Waals surface area (Å²) in [6, 6.07) is 6.01. The van der Waals surface area contributed by atoms with E-state index in [1.807, 2.05) is 13.0 Å². The van der Waals surface area contributed by atoms with Crippen LogP contribution in [0, 0.1) is 0 Å². The molecule has 3 aromatic rings. The Morgan fingerprint density at radius 2 is 2.08 bits per heavy atom. The second-order valence-corrected chi connectivity index (χ2v) is 5.58. The number of carbonyl (C=O) groups is 1. The van der Waals surface area contributed by atoms with E-state index in [0.717, 1.165) is 5.56 Å². The van der Waals surface area contributed by atoms with Gasteiger partial charge in [-0.3, -0.25) is 4.79 Å². The number of aromatic nitrogens is 4. The van der Waals surface area contributed by atoms with Crippen molar-refractivity contribution in [3.05, 3.63) is 42.5 Å². The molecule has 0 aliphatic rings. The van der Waals surface area contributed by atoms with Crippen LogP contribution in [0.2, 0.25) is 0 Å². The van der Waals surface area contributed by atoms with Crippen LogP contribution in [0.4, 0.5) is 5.82 Å². The molecule has 124 valence electrons. The normalized spacial score (nSPS) is 13.6. The highest BCUT2D eigenvalue weighted by atomic mass is 16.3. The van der Waals surface area contributed by atoms with Crippen molar-refractivity contribution in [2.75, 3.05) is 5.73 Å². The minimum atomic E-state index is -0.524. The van der Waals surface area contributed by atoms with Gasteiger partial charge in [0, 0.05) is 0 Å². The van der Waals surface area contributed by atoms with Crippen LogP contribution >= 0.6 is 0 Å². The highest BCUT2D eigenvalue weighted by molar-refractivity contribution is 5.85. The lowest BCUT2D eigenvalue weighted by Crippen LogP contribution is -2.32. The lowest BCUT2D eigenvalue weighted by molar-refractivity contribution is -0.124. The monoisotopic (exact) mass is 326 g/mol. The summed E-state index contributed by atoms with van der Waals surface area (Å²) < 4.78 is 1.65. The van der Waals surface area contributed by atoms with E-state index in [1.165, 1.54) is 12.7 Å². The van der Waals surface area contributed by atoms with Crippen molar-refractivity contribution in [3.63, 3.8) is 0 Å². The van der Waals surface area contributed by atoms with E-state index < -0.39 is 6.04 Å². The summed E-state index contributed by atoms with van der Waals surface area (Å²) in [7, 11) is 0. The molecule has 1 amide bonds. The van der Waals surface area contributed by atoms with Crippen LogP contribution in [0.3, 0.4) is 0 Å². The summed E-state index contributed by atoms with van der Waals surface area (Å²) in [5, 5.41) is 12.5. The van der Waals surface area contributed by atoms with Crippen molar-refractivity contribution in [3.8, 4) is 5.75 Å².